The van der Waals surface area contributed by atoms with E-state index in [4.69, 9.17) is 5.73 Å². The number of anilines is 1. The SMILES string of the molecule is Nc1cccc2c3cnccc3n(-c3ccccc3)c12. The number of rotatable bonds is 1. The molecule has 0 saturated heterocycles. The molecule has 0 unspecified atom stereocenters. The molecule has 20 heavy (non-hydrogen) atoms. The minimum Gasteiger partial charge on any atom is -0.397 e. The molecule has 2 heterocycles. The first-order valence-electron chi connectivity index (χ1n) is 6.54. The first-order valence-corrected chi connectivity index (χ1v) is 6.54. The monoisotopic (exact) mass is 259 g/mol. The van der Waals surface area contributed by atoms with Gasteiger partial charge in [0.2, 0.25) is 0 Å². The van der Waals surface area contributed by atoms with Gasteiger partial charge in [0.15, 0.2) is 0 Å². The van der Waals surface area contributed by atoms with Crippen molar-refractivity contribution in [1.29, 1.82) is 0 Å². The summed E-state index contributed by atoms with van der Waals surface area (Å²) in [4.78, 5) is 4.25. The summed E-state index contributed by atoms with van der Waals surface area (Å²) in [6, 6.07) is 18.3. The second-order valence-corrected chi connectivity index (χ2v) is 4.81. The molecular formula is C17H13N3. The van der Waals surface area contributed by atoms with Crippen LogP contribution in [0, 0.1) is 0 Å². The minimum absolute atomic E-state index is 0.780. The lowest BCUT2D eigenvalue weighted by molar-refractivity contribution is 1.18. The van der Waals surface area contributed by atoms with E-state index in [1.165, 1.54) is 0 Å². The fraction of sp³-hybridized carbons (Fsp3) is 0. The molecule has 0 atom stereocenters. The minimum atomic E-state index is 0.780. The Labute approximate surface area is 116 Å². The number of nitrogen functional groups attached to an aromatic ring is 1. The zero-order chi connectivity index (χ0) is 13.5. The lowest BCUT2D eigenvalue weighted by atomic mass is 10.2. The molecule has 0 amide bonds. The maximum Gasteiger partial charge on any atom is 0.0771 e. The summed E-state index contributed by atoms with van der Waals surface area (Å²) in [6.07, 6.45) is 3.72. The van der Waals surface area contributed by atoms with Gasteiger partial charge in [-0.15, -0.1) is 0 Å². The van der Waals surface area contributed by atoms with Gasteiger partial charge in [0.1, 0.15) is 0 Å². The van der Waals surface area contributed by atoms with Gasteiger partial charge < -0.3 is 10.3 Å². The molecule has 0 aliphatic rings. The van der Waals surface area contributed by atoms with E-state index < -0.39 is 0 Å². The van der Waals surface area contributed by atoms with Gasteiger partial charge in [-0.2, -0.15) is 0 Å². The Morgan fingerprint density at radius 2 is 1.70 bits per heavy atom. The van der Waals surface area contributed by atoms with Crippen LogP contribution in [-0.2, 0) is 0 Å². The molecule has 4 rings (SSSR count). The standard InChI is InChI=1S/C17H13N3/c18-15-8-4-7-13-14-11-19-10-9-16(14)20(17(13)15)12-5-2-1-3-6-12/h1-11H,18H2. The van der Waals surface area contributed by atoms with Crippen molar-refractivity contribution in [3.63, 3.8) is 0 Å². The number of para-hydroxylation sites is 2. The summed E-state index contributed by atoms with van der Waals surface area (Å²) < 4.78 is 2.20. The molecule has 0 radical (unpaired) electrons. The second-order valence-electron chi connectivity index (χ2n) is 4.81. The van der Waals surface area contributed by atoms with Crippen LogP contribution in [0.25, 0.3) is 27.5 Å². The van der Waals surface area contributed by atoms with Crippen molar-refractivity contribution in [2.45, 2.75) is 0 Å². The normalized spacial score (nSPS) is 11.2. The van der Waals surface area contributed by atoms with Gasteiger partial charge in [-0.3, -0.25) is 4.98 Å². The average molecular weight is 259 g/mol. The van der Waals surface area contributed by atoms with Crippen LogP contribution in [0.4, 0.5) is 5.69 Å². The van der Waals surface area contributed by atoms with Crippen molar-refractivity contribution in [2.24, 2.45) is 0 Å². The number of hydrogen-bond acceptors (Lipinski definition) is 2. The Morgan fingerprint density at radius 1 is 0.850 bits per heavy atom. The Bertz CT molecular complexity index is 907. The first-order chi connectivity index (χ1) is 9.86. The molecule has 4 aromatic rings. The van der Waals surface area contributed by atoms with Crippen LogP contribution in [-0.4, -0.2) is 9.55 Å². The number of hydrogen-bond donors (Lipinski definition) is 1. The van der Waals surface area contributed by atoms with E-state index >= 15 is 0 Å². The zero-order valence-corrected chi connectivity index (χ0v) is 10.8. The summed E-state index contributed by atoms with van der Waals surface area (Å²) in [6.45, 7) is 0. The quantitative estimate of drug-likeness (QED) is 0.529. The molecule has 0 bridgehead atoms. The van der Waals surface area contributed by atoms with Gasteiger partial charge >= 0.3 is 0 Å². The lowest BCUT2D eigenvalue weighted by Gasteiger charge is -2.08. The highest BCUT2D eigenvalue weighted by Crippen LogP contribution is 2.34. The summed E-state index contributed by atoms with van der Waals surface area (Å²) >= 11 is 0. The second kappa shape index (κ2) is 4.10. The molecule has 0 fully saturated rings. The first kappa shape index (κ1) is 11.1. The number of pyridine rings is 1. The number of aromatic nitrogens is 2. The largest absolute Gasteiger partial charge is 0.397 e. The van der Waals surface area contributed by atoms with Crippen molar-refractivity contribution >= 4 is 27.5 Å². The molecule has 2 aromatic heterocycles. The van der Waals surface area contributed by atoms with E-state index in [0.717, 1.165) is 33.2 Å². The molecule has 2 aromatic carbocycles. The highest BCUT2D eigenvalue weighted by Gasteiger charge is 2.13. The van der Waals surface area contributed by atoms with Crippen LogP contribution >= 0.6 is 0 Å². The van der Waals surface area contributed by atoms with Crippen LogP contribution in [0.5, 0.6) is 0 Å². The number of nitrogens with zero attached hydrogens (tertiary/aromatic N) is 2. The predicted octanol–water partition coefficient (Wildman–Crippen LogP) is 3.76. The Morgan fingerprint density at radius 3 is 2.55 bits per heavy atom. The predicted molar refractivity (Wildman–Crippen MR) is 83.0 cm³/mol. The van der Waals surface area contributed by atoms with Gasteiger partial charge in [0, 0.05) is 28.9 Å². The van der Waals surface area contributed by atoms with Crippen molar-refractivity contribution in [3.8, 4) is 5.69 Å². The Hall–Kier alpha value is -2.81. The van der Waals surface area contributed by atoms with Crippen molar-refractivity contribution in [1.82, 2.24) is 9.55 Å². The molecule has 0 aliphatic carbocycles. The molecule has 96 valence electrons. The Balaban J connectivity index is 2.27. The number of benzene rings is 2. The van der Waals surface area contributed by atoms with Crippen molar-refractivity contribution in [2.75, 3.05) is 5.73 Å². The summed E-state index contributed by atoms with van der Waals surface area (Å²) in [5.74, 6) is 0. The summed E-state index contributed by atoms with van der Waals surface area (Å²) in [5, 5.41) is 2.26. The molecule has 0 spiro atoms. The third kappa shape index (κ3) is 1.43. The highest BCUT2D eigenvalue weighted by molar-refractivity contribution is 6.12. The Kier molecular flexibility index (Phi) is 2.27. The zero-order valence-electron chi connectivity index (χ0n) is 10.8. The van der Waals surface area contributed by atoms with Gasteiger partial charge in [0.25, 0.3) is 0 Å². The average Bonchev–Trinajstić information content (AvgIpc) is 2.84. The van der Waals surface area contributed by atoms with Gasteiger partial charge in [-0.25, -0.2) is 0 Å². The summed E-state index contributed by atoms with van der Waals surface area (Å²) in [5.41, 5.74) is 10.3. The molecule has 3 nitrogen and oxygen atoms in total. The van der Waals surface area contributed by atoms with Gasteiger partial charge in [0.05, 0.1) is 16.7 Å². The fourth-order valence-electron chi connectivity index (χ4n) is 2.78. The third-order valence-corrected chi connectivity index (χ3v) is 3.63. The molecule has 0 saturated carbocycles. The number of nitrogens with two attached hydrogens (primary N) is 1. The van der Waals surface area contributed by atoms with Crippen LogP contribution in [0.1, 0.15) is 0 Å². The van der Waals surface area contributed by atoms with Crippen molar-refractivity contribution < 1.29 is 0 Å². The maximum atomic E-state index is 6.22. The van der Waals surface area contributed by atoms with E-state index in [-0.39, 0.29) is 0 Å². The highest BCUT2D eigenvalue weighted by atomic mass is 15.0. The fourth-order valence-corrected chi connectivity index (χ4v) is 2.78. The summed E-state index contributed by atoms with van der Waals surface area (Å²) in [7, 11) is 0. The van der Waals surface area contributed by atoms with Crippen LogP contribution in [0.15, 0.2) is 67.0 Å². The van der Waals surface area contributed by atoms with Crippen molar-refractivity contribution in [3.05, 3.63) is 67.0 Å². The van der Waals surface area contributed by atoms with E-state index in [1.54, 1.807) is 0 Å². The number of fused-ring (bicyclic) bond motifs is 3. The molecule has 3 heteroatoms. The van der Waals surface area contributed by atoms with E-state index in [9.17, 15) is 0 Å². The molecule has 0 aliphatic heterocycles. The lowest BCUT2D eigenvalue weighted by Crippen LogP contribution is -1.96. The van der Waals surface area contributed by atoms with Crippen LogP contribution < -0.4 is 5.73 Å². The van der Waals surface area contributed by atoms with E-state index in [0.29, 0.717) is 0 Å². The topological polar surface area (TPSA) is 43.8 Å². The third-order valence-electron chi connectivity index (χ3n) is 3.63. The molecule has 2 N–H and O–H groups in total. The van der Waals surface area contributed by atoms with E-state index in [2.05, 4.69) is 27.8 Å². The van der Waals surface area contributed by atoms with E-state index in [1.807, 2.05) is 48.8 Å². The van der Waals surface area contributed by atoms with Crippen LogP contribution in [0.2, 0.25) is 0 Å². The molecular weight excluding hydrogens is 246 g/mol. The van der Waals surface area contributed by atoms with Gasteiger partial charge in [-0.1, -0.05) is 30.3 Å². The van der Waals surface area contributed by atoms with Gasteiger partial charge in [-0.05, 0) is 24.3 Å². The van der Waals surface area contributed by atoms with Crippen LogP contribution in [0.3, 0.4) is 0 Å². The maximum absolute atomic E-state index is 6.22. The smallest absolute Gasteiger partial charge is 0.0771 e.